The summed E-state index contributed by atoms with van der Waals surface area (Å²) >= 11 is -1.71. The fourth-order valence-electron chi connectivity index (χ4n) is 1.02. The van der Waals surface area contributed by atoms with Crippen LogP contribution >= 0.6 is 0 Å². The third-order valence-electron chi connectivity index (χ3n) is 1.66. The van der Waals surface area contributed by atoms with Crippen LogP contribution in [0.5, 0.6) is 5.75 Å². The van der Waals surface area contributed by atoms with E-state index < -0.39 is 28.1 Å². The van der Waals surface area contributed by atoms with Crippen molar-refractivity contribution in [1.82, 2.24) is 0 Å². The maximum absolute atomic E-state index is 11.3. The Labute approximate surface area is 102 Å². The van der Waals surface area contributed by atoms with Crippen molar-refractivity contribution in [3.63, 3.8) is 0 Å². The van der Waals surface area contributed by atoms with Crippen molar-refractivity contribution in [3.05, 3.63) is 29.8 Å². The standard InChI is InChI=1S/C9H12O6S2/c1-8-3-2-4-9(7-8)15-16(10)6-5-14-17(11,12)13/h2-4,7H,5-6H2,1H3,(H,11,12,13). The Morgan fingerprint density at radius 1 is 1.41 bits per heavy atom. The van der Waals surface area contributed by atoms with Gasteiger partial charge in [0.1, 0.15) is 5.75 Å². The molecule has 0 heterocycles. The molecule has 0 amide bonds. The van der Waals surface area contributed by atoms with E-state index in [1.807, 2.05) is 13.0 Å². The lowest BCUT2D eigenvalue weighted by molar-refractivity contribution is 0.283. The molecular weight excluding hydrogens is 268 g/mol. The van der Waals surface area contributed by atoms with Crippen LogP contribution in [0.4, 0.5) is 0 Å². The van der Waals surface area contributed by atoms with Crippen LogP contribution in [0, 0.1) is 6.92 Å². The molecule has 6 nitrogen and oxygen atoms in total. The Morgan fingerprint density at radius 3 is 2.71 bits per heavy atom. The van der Waals surface area contributed by atoms with Gasteiger partial charge in [-0.05, 0) is 24.6 Å². The maximum atomic E-state index is 11.3. The minimum atomic E-state index is -4.49. The van der Waals surface area contributed by atoms with E-state index in [1.165, 1.54) is 0 Å². The number of benzene rings is 1. The van der Waals surface area contributed by atoms with Crippen LogP contribution in [0.1, 0.15) is 5.56 Å². The van der Waals surface area contributed by atoms with E-state index in [0.717, 1.165) is 5.56 Å². The summed E-state index contributed by atoms with van der Waals surface area (Å²) in [5, 5.41) is 0. The minimum Gasteiger partial charge on any atom is -0.400 e. The fourth-order valence-corrected chi connectivity index (χ4v) is 2.04. The normalized spacial score (nSPS) is 13.3. The van der Waals surface area contributed by atoms with Crippen molar-refractivity contribution >= 4 is 21.5 Å². The summed E-state index contributed by atoms with van der Waals surface area (Å²) in [6, 6.07) is 6.93. The molecule has 0 fully saturated rings. The quantitative estimate of drug-likeness (QED) is 0.777. The average Bonchev–Trinajstić information content (AvgIpc) is 2.15. The third kappa shape index (κ3) is 6.37. The van der Waals surface area contributed by atoms with Gasteiger partial charge in [0.25, 0.3) is 0 Å². The van der Waals surface area contributed by atoms with Gasteiger partial charge in [-0.2, -0.15) is 8.42 Å². The summed E-state index contributed by atoms with van der Waals surface area (Å²) in [5.41, 5.74) is 0.952. The van der Waals surface area contributed by atoms with Crippen LogP contribution in [-0.2, 0) is 25.7 Å². The number of hydrogen-bond acceptors (Lipinski definition) is 5. The van der Waals surface area contributed by atoms with Crippen LogP contribution in [-0.4, -0.2) is 29.5 Å². The highest BCUT2D eigenvalue weighted by atomic mass is 32.3. The van der Waals surface area contributed by atoms with Crippen LogP contribution in [0.25, 0.3) is 0 Å². The molecule has 0 saturated carbocycles. The van der Waals surface area contributed by atoms with Gasteiger partial charge in [0.05, 0.1) is 12.4 Å². The molecule has 1 atom stereocenters. The molecule has 1 N–H and O–H groups in total. The first kappa shape index (κ1) is 14.1. The lowest BCUT2D eigenvalue weighted by atomic mass is 10.2. The topological polar surface area (TPSA) is 89.9 Å². The van der Waals surface area contributed by atoms with Crippen molar-refractivity contribution in [3.8, 4) is 5.75 Å². The van der Waals surface area contributed by atoms with E-state index in [9.17, 15) is 12.6 Å². The lowest BCUT2D eigenvalue weighted by Gasteiger charge is -2.05. The summed E-state index contributed by atoms with van der Waals surface area (Å²) < 4.78 is 49.1. The van der Waals surface area contributed by atoms with Gasteiger partial charge in [-0.3, -0.25) is 4.55 Å². The Hall–Kier alpha value is -0.960. The van der Waals surface area contributed by atoms with E-state index in [1.54, 1.807) is 18.2 Å². The maximum Gasteiger partial charge on any atom is 0.397 e. The Balaban J connectivity index is 2.40. The molecule has 1 aromatic rings. The van der Waals surface area contributed by atoms with Crippen molar-refractivity contribution in [2.24, 2.45) is 0 Å². The van der Waals surface area contributed by atoms with Gasteiger partial charge in [-0.15, -0.1) is 0 Å². The molecule has 1 unspecified atom stereocenters. The molecule has 96 valence electrons. The SMILES string of the molecule is Cc1cccc(OS(=O)CCOS(=O)(=O)O)c1. The predicted octanol–water partition coefficient (Wildman–Crippen LogP) is 0.857. The molecule has 0 aliphatic rings. The second-order valence-electron chi connectivity index (χ2n) is 3.16. The van der Waals surface area contributed by atoms with Crippen LogP contribution < -0.4 is 4.18 Å². The van der Waals surface area contributed by atoms with Crippen LogP contribution in [0.15, 0.2) is 24.3 Å². The van der Waals surface area contributed by atoms with E-state index in [0.29, 0.717) is 5.75 Å². The first-order valence-corrected chi connectivity index (χ1v) is 7.23. The summed E-state index contributed by atoms with van der Waals surface area (Å²) in [7, 11) is -4.49. The Bertz CT molecular complexity index is 496. The van der Waals surface area contributed by atoms with Gasteiger partial charge >= 0.3 is 10.4 Å². The van der Waals surface area contributed by atoms with E-state index in [-0.39, 0.29) is 5.75 Å². The third-order valence-corrected chi connectivity index (χ3v) is 3.00. The smallest absolute Gasteiger partial charge is 0.397 e. The summed E-state index contributed by atoms with van der Waals surface area (Å²) in [4.78, 5) is 0. The Kier molecular flexibility index (Phi) is 5.06. The first-order chi connectivity index (χ1) is 7.87. The zero-order valence-electron chi connectivity index (χ0n) is 9.03. The second kappa shape index (κ2) is 6.10. The summed E-state index contributed by atoms with van der Waals surface area (Å²) in [5.74, 6) is 0.267. The highest BCUT2D eigenvalue weighted by Crippen LogP contribution is 2.13. The average molecular weight is 280 g/mol. The molecule has 0 saturated heterocycles. The summed E-state index contributed by atoms with van der Waals surface area (Å²) in [6.07, 6.45) is 0. The molecule has 0 aliphatic carbocycles. The number of hydrogen-bond donors (Lipinski definition) is 1. The van der Waals surface area contributed by atoms with Crippen molar-refractivity contribution in [1.29, 1.82) is 0 Å². The molecular formula is C9H12O6S2. The lowest BCUT2D eigenvalue weighted by Crippen LogP contribution is -2.14. The van der Waals surface area contributed by atoms with Crippen LogP contribution in [0.3, 0.4) is 0 Å². The molecule has 0 aromatic heterocycles. The molecule has 1 aromatic carbocycles. The number of aryl methyl sites for hydroxylation is 1. The first-order valence-electron chi connectivity index (χ1n) is 4.62. The van der Waals surface area contributed by atoms with Crippen molar-refractivity contribution < 1.29 is 25.5 Å². The monoisotopic (exact) mass is 280 g/mol. The fraction of sp³-hybridized carbons (Fsp3) is 0.333. The van der Waals surface area contributed by atoms with Gasteiger partial charge in [0.15, 0.2) is 0 Å². The van der Waals surface area contributed by atoms with Gasteiger partial charge in [0.2, 0.25) is 11.1 Å². The van der Waals surface area contributed by atoms with Gasteiger partial charge in [-0.1, -0.05) is 12.1 Å². The molecule has 0 radical (unpaired) electrons. The van der Waals surface area contributed by atoms with Gasteiger partial charge in [-0.25, -0.2) is 8.39 Å². The zero-order chi connectivity index (χ0) is 12.9. The molecule has 0 aliphatic heterocycles. The highest BCUT2D eigenvalue weighted by molar-refractivity contribution is 7.81. The van der Waals surface area contributed by atoms with E-state index in [4.69, 9.17) is 8.74 Å². The second-order valence-corrected chi connectivity index (χ2v) is 5.43. The number of rotatable bonds is 6. The highest BCUT2D eigenvalue weighted by Gasteiger charge is 2.08. The molecule has 17 heavy (non-hydrogen) atoms. The molecule has 1 rings (SSSR count). The molecule has 0 bridgehead atoms. The zero-order valence-corrected chi connectivity index (χ0v) is 10.7. The van der Waals surface area contributed by atoms with Crippen LogP contribution in [0.2, 0.25) is 0 Å². The van der Waals surface area contributed by atoms with Crippen molar-refractivity contribution in [2.75, 3.05) is 12.4 Å². The molecule has 8 heteroatoms. The minimum absolute atomic E-state index is 0.159. The van der Waals surface area contributed by atoms with E-state index >= 15 is 0 Å². The predicted molar refractivity (Wildman–Crippen MR) is 62.3 cm³/mol. The van der Waals surface area contributed by atoms with Crippen molar-refractivity contribution in [2.45, 2.75) is 6.92 Å². The Morgan fingerprint density at radius 2 is 2.12 bits per heavy atom. The summed E-state index contributed by atoms with van der Waals surface area (Å²) in [6.45, 7) is 1.45. The van der Waals surface area contributed by atoms with E-state index in [2.05, 4.69) is 4.18 Å². The molecule has 0 spiro atoms. The largest absolute Gasteiger partial charge is 0.400 e. The van der Waals surface area contributed by atoms with Gasteiger partial charge < -0.3 is 4.18 Å². The van der Waals surface area contributed by atoms with Gasteiger partial charge in [0, 0.05) is 0 Å².